The Kier molecular flexibility index (Phi) is 10.0. The van der Waals surface area contributed by atoms with E-state index < -0.39 is 53.5 Å². The van der Waals surface area contributed by atoms with Crippen LogP contribution in [0.3, 0.4) is 0 Å². The molecular weight excluding hydrogens is 427 g/mol. The van der Waals surface area contributed by atoms with E-state index in [1.165, 1.54) is 0 Å². The summed E-state index contributed by atoms with van der Waals surface area (Å²) in [5, 5.41) is 10.7. The molecule has 1 aliphatic rings. The average molecular weight is 458 g/mol. The number of aromatic nitrogens is 2. The van der Waals surface area contributed by atoms with Gasteiger partial charge in [0.2, 0.25) is 5.82 Å². The van der Waals surface area contributed by atoms with E-state index in [1.54, 1.807) is 4.98 Å². The van der Waals surface area contributed by atoms with Crippen molar-refractivity contribution in [3.8, 4) is 0 Å². The maximum absolute atomic E-state index is 13.7. The molecule has 32 heavy (non-hydrogen) atoms. The Balaban J connectivity index is 2.15. The average Bonchev–Trinajstić information content (AvgIpc) is 3.05. The van der Waals surface area contributed by atoms with E-state index in [0.29, 0.717) is 23.6 Å². The number of aliphatic hydroxyl groups excluding tert-OH is 1. The molecule has 0 aromatic carbocycles. The summed E-state index contributed by atoms with van der Waals surface area (Å²) in [6.07, 6.45) is 0.393. The number of aromatic amines is 1. The van der Waals surface area contributed by atoms with E-state index in [4.69, 9.17) is 14.2 Å². The zero-order valence-corrected chi connectivity index (χ0v) is 18.4. The molecule has 1 aromatic heterocycles. The lowest BCUT2D eigenvalue weighted by molar-refractivity contribution is -0.160. The monoisotopic (exact) mass is 458 g/mol. The van der Waals surface area contributed by atoms with Crippen LogP contribution in [0.4, 0.5) is 4.39 Å². The minimum absolute atomic E-state index is 0.123. The summed E-state index contributed by atoms with van der Waals surface area (Å²) in [6, 6.07) is 0. The summed E-state index contributed by atoms with van der Waals surface area (Å²) in [5.74, 6) is -2.30. The van der Waals surface area contributed by atoms with E-state index in [-0.39, 0.29) is 19.4 Å². The van der Waals surface area contributed by atoms with Gasteiger partial charge in [0, 0.05) is 12.8 Å². The standard InChI is InChI=1S/C21H31FN2O8/c1-3-5-7-9-15(25)30-12-14-18(32-16(26)10-8-6-4-2)17(27)20(31-14)24-11-13(22)19(28)23-21(24)29/h11,14,17-18,20,27H,3-10,12H2,1-2H3,(H,23,28,29)/t14-,17-,18-,20-/m1/s1. The highest BCUT2D eigenvalue weighted by Gasteiger charge is 2.48. The van der Waals surface area contributed by atoms with Gasteiger partial charge in [0.25, 0.3) is 5.56 Å². The number of esters is 2. The summed E-state index contributed by atoms with van der Waals surface area (Å²) in [4.78, 5) is 49.4. The van der Waals surface area contributed by atoms with Crippen LogP contribution in [0.1, 0.15) is 71.4 Å². The van der Waals surface area contributed by atoms with Gasteiger partial charge in [-0.05, 0) is 12.8 Å². The fraction of sp³-hybridized carbons (Fsp3) is 0.714. The Morgan fingerprint density at radius 2 is 1.75 bits per heavy atom. The number of hydrogen-bond acceptors (Lipinski definition) is 8. The number of nitrogens with one attached hydrogen (secondary N) is 1. The van der Waals surface area contributed by atoms with Gasteiger partial charge in [0.05, 0.1) is 6.20 Å². The van der Waals surface area contributed by atoms with Crippen LogP contribution in [0.2, 0.25) is 0 Å². The predicted molar refractivity (Wildman–Crippen MR) is 110 cm³/mol. The molecule has 2 heterocycles. The highest BCUT2D eigenvalue weighted by atomic mass is 19.1. The van der Waals surface area contributed by atoms with Crippen molar-refractivity contribution in [3.05, 3.63) is 32.9 Å². The van der Waals surface area contributed by atoms with E-state index in [0.717, 1.165) is 25.7 Å². The molecule has 2 rings (SSSR count). The number of ether oxygens (including phenoxy) is 3. The molecule has 0 spiro atoms. The van der Waals surface area contributed by atoms with Crippen LogP contribution in [0.15, 0.2) is 15.8 Å². The molecule has 4 atom stereocenters. The first kappa shape index (κ1) is 25.7. The highest BCUT2D eigenvalue weighted by molar-refractivity contribution is 5.70. The van der Waals surface area contributed by atoms with Gasteiger partial charge in [0.1, 0.15) is 18.8 Å². The van der Waals surface area contributed by atoms with Crippen LogP contribution in [-0.2, 0) is 23.8 Å². The van der Waals surface area contributed by atoms with Crippen LogP contribution in [0.5, 0.6) is 0 Å². The number of nitrogens with zero attached hydrogens (tertiary/aromatic N) is 1. The lowest BCUT2D eigenvalue weighted by Gasteiger charge is -2.21. The van der Waals surface area contributed by atoms with E-state index in [2.05, 4.69) is 0 Å². The molecule has 0 aliphatic carbocycles. The Morgan fingerprint density at radius 1 is 1.12 bits per heavy atom. The third-order valence-electron chi connectivity index (χ3n) is 5.15. The number of unbranched alkanes of at least 4 members (excludes halogenated alkanes) is 4. The Hall–Kier alpha value is -2.53. The minimum atomic E-state index is -1.56. The number of hydrogen-bond donors (Lipinski definition) is 2. The molecule has 0 radical (unpaired) electrons. The summed E-state index contributed by atoms with van der Waals surface area (Å²) in [6.45, 7) is 3.66. The predicted octanol–water partition coefficient (Wildman–Crippen LogP) is 1.55. The van der Waals surface area contributed by atoms with Crippen molar-refractivity contribution in [1.82, 2.24) is 9.55 Å². The highest BCUT2D eigenvalue weighted by Crippen LogP contribution is 2.31. The summed E-state index contributed by atoms with van der Waals surface area (Å²) < 4.78 is 30.6. The fourth-order valence-corrected chi connectivity index (χ4v) is 3.38. The molecule has 0 unspecified atom stereocenters. The van der Waals surface area contributed by atoms with Gasteiger partial charge < -0.3 is 19.3 Å². The first-order valence-electron chi connectivity index (χ1n) is 11.0. The smallest absolute Gasteiger partial charge is 0.330 e. The summed E-state index contributed by atoms with van der Waals surface area (Å²) >= 11 is 0. The van der Waals surface area contributed by atoms with Gasteiger partial charge in [-0.15, -0.1) is 0 Å². The first-order chi connectivity index (χ1) is 15.3. The molecule has 0 amide bonds. The van der Waals surface area contributed by atoms with Gasteiger partial charge in [-0.3, -0.25) is 23.9 Å². The molecule has 11 heteroatoms. The Bertz CT molecular complexity index is 883. The molecule has 180 valence electrons. The van der Waals surface area contributed by atoms with Crippen molar-refractivity contribution in [3.63, 3.8) is 0 Å². The lowest BCUT2D eigenvalue weighted by atomic mass is 10.1. The second kappa shape index (κ2) is 12.5. The van der Waals surface area contributed by atoms with E-state index in [1.807, 2.05) is 13.8 Å². The summed E-state index contributed by atoms with van der Waals surface area (Å²) in [5.41, 5.74) is -2.22. The SMILES string of the molecule is CCCCCC(=O)OC[C@H]1O[C@@H](n2cc(F)c(=O)[nH]c2=O)[C@H](O)[C@@H]1OC(=O)CCCCC. The maximum atomic E-state index is 13.7. The summed E-state index contributed by atoms with van der Waals surface area (Å²) in [7, 11) is 0. The van der Waals surface area contributed by atoms with Crippen LogP contribution in [0, 0.1) is 5.82 Å². The van der Waals surface area contributed by atoms with Crippen LogP contribution >= 0.6 is 0 Å². The lowest BCUT2D eigenvalue weighted by Crippen LogP contribution is -2.40. The van der Waals surface area contributed by atoms with Crippen LogP contribution < -0.4 is 11.2 Å². The van der Waals surface area contributed by atoms with Gasteiger partial charge in [-0.1, -0.05) is 39.5 Å². The molecule has 0 bridgehead atoms. The number of aliphatic hydroxyl groups is 1. The second-order valence-electron chi connectivity index (χ2n) is 7.75. The molecule has 1 aromatic rings. The number of rotatable bonds is 12. The fourth-order valence-electron chi connectivity index (χ4n) is 3.38. The largest absolute Gasteiger partial charge is 0.463 e. The Morgan fingerprint density at radius 3 is 2.38 bits per heavy atom. The maximum Gasteiger partial charge on any atom is 0.330 e. The minimum Gasteiger partial charge on any atom is -0.463 e. The molecule has 0 saturated carbocycles. The van der Waals surface area contributed by atoms with Crippen molar-refractivity contribution in [2.75, 3.05) is 6.61 Å². The third kappa shape index (κ3) is 6.99. The van der Waals surface area contributed by atoms with Crippen molar-refractivity contribution in [2.45, 2.75) is 89.8 Å². The molecule has 10 nitrogen and oxygen atoms in total. The van der Waals surface area contributed by atoms with Crippen molar-refractivity contribution in [1.29, 1.82) is 0 Å². The third-order valence-corrected chi connectivity index (χ3v) is 5.15. The van der Waals surface area contributed by atoms with Crippen LogP contribution in [-0.4, -0.2) is 51.5 Å². The zero-order chi connectivity index (χ0) is 23.7. The topological polar surface area (TPSA) is 137 Å². The molecule has 2 N–H and O–H groups in total. The van der Waals surface area contributed by atoms with Crippen molar-refractivity contribution in [2.24, 2.45) is 0 Å². The van der Waals surface area contributed by atoms with Gasteiger partial charge in [0.15, 0.2) is 12.3 Å². The van der Waals surface area contributed by atoms with Crippen LogP contribution in [0.25, 0.3) is 0 Å². The number of halogens is 1. The molecular formula is C21H31FN2O8. The Labute approximate surface area is 184 Å². The zero-order valence-electron chi connectivity index (χ0n) is 18.4. The van der Waals surface area contributed by atoms with Gasteiger partial charge >= 0.3 is 17.6 Å². The van der Waals surface area contributed by atoms with Crippen molar-refractivity contribution < 1.29 is 33.3 Å². The number of H-pyrrole nitrogens is 1. The first-order valence-corrected chi connectivity index (χ1v) is 11.0. The van der Waals surface area contributed by atoms with Gasteiger partial charge in [-0.2, -0.15) is 4.39 Å². The quantitative estimate of drug-likeness (QED) is 0.356. The van der Waals surface area contributed by atoms with E-state index in [9.17, 15) is 28.7 Å². The van der Waals surface area contributed by atoms with Gasteiger partial charge in [-0.25, -0.2) is 4.79 Å². The second-order valence-corrected chi connectivity index (χ2v) is 7.75. The number of carbonyl (C=O) groups excluding carboxylic acids is 2. The normalized spacial score (nSPS) is 22.6. The molecule has 1 fully saturated rings. The molecule has 1 saturated heterocycles. The molecule has 1 aliphatic heterocycles. The van der Waals surface area contributed by atoms with Crippen molar-refractivity contribution >= 4 is 11.9 Å². The van der Waals surface area contributed by atoms with E-state index >= 15 is 0 Å². The number of carbonyl (C=O) groups is 2.